The number of piperidine rings is 1. The fourth-order valence-corrected chi connectivity index (χ4v) is 6.21. The molecule has 1 saturated heterocycles. The highest BCUT2D eigenvalue weighted by molar-refractivity contribution is 7.19. The number of ether oxygens (including phenoxy) is 1. The molecule has 1 aliphatic rings. The Bertz CT molecular complexity index is 1650. The molecule has 12 heteroatoms. The Balaban J connectivity index is 1.56. The van der Waals surface area contributed by atoms with Gasteiger partial charge in [-0.3, -0.25) is 18.9 Å². The molecule has 1 aliphatic heterocycles. The lowest BCUT2D eigenvalue weighted by Gasteiger charge is -2.31. The van der Waals surface area contributed by atoms with Crippen LogP contribution in [-0.4, -0.2) is 39.5 Å². The summed E-state index contributed by atoms with van der Waals surface area (Å²) in [5, 5.41) is 3.93. The molecule has 0 aliphatic carbocycles. The number of aromatic nitrogens is 3. The summed E-state index contributed by atoms with van der Waals surface area (Å²) in [4.78, 5) is 30.2. The largest absolute Gasteiger partial charge is 0.488 e. The number of pyridine rings is 1. The van der Waals surface area contributed by atoms with E-state index in [2.05, 4.69) is 17.2 Å². The summed E-state index contributed by atoms with van der Waals surface area (Å²) in [6, 6.07) is 8.25. The number of aryl methyl sites for hydroxylation is 1. The van der Waals surface area contributed by atoms with Crippen LogP contribution in [0.2, 0.25) is 5.02 Å². The minimum Gasteiger partial charge on any atom is -0.488 e. The molecule has 0 saturated carbocycles. The van der Waals surface area contributed by atoms with Crippen LogP contribution in [0, 0.1) is 12.8 Å². The minimum absolute atomic E-state index is 0.0163. The topological polar surface area (TPSA) is 78.2 Å². The van der Waals surface area contributed by atoms with Crippen LogP contribution in [0.5, 0.6) is 5.75 Å². The molecule has 206 valence electrons. The molecule has 0 unspecified atom stereocenters. The summed E-state index contributed by atoms with van der Waals surface area (Å²) in [5.74, 6) is 1.09. The van der Waals surface area contributed by atoms with Gasteiger partial charge >= 0.3 is 11.9 Å². The molecular weight excluding hydrogens is 553 g/mol. The third kappa shape index (κ3) is 5.90. The lowest BCUT2D eigenvalue weighted by Crippen LogP contribution is -2.43. The van der Waals surface area contributed by atoms with Crippen molar-refractivity contribution in [2.24, 2.45) is 5.92 Å². The highest BCUT2D eigenvalue weighted by Gasteiger charge is 2.29. The fraction of sp³-hybridized carbons (Fsp3) is 0.370. The number of hydrogen-bond donors (Lipinski definition) is 1. The SMILES string of the molecule is Cc1cc(Cl)cc(-c2ccnc3cc(Cn4c(=O)ccn(CC(F)(F)F)c4=O)sc23)c1O[C@@H]1CNCC[C@H]1C. The molecule has 0 radical (unpaired) electrons. The van der Waals surface area contributed by atoms with Crippen LogP contribution in [0.15, 0.2) is 52.3 Å². The van der Waals surface area contributed by atoms with Crippen LogP contribution < -0.4 is 21.3 Å². The molecule has 0 spiro atoms. The number of benzene rings is 1. The van der Waals surface area contributed by atoms with E-state index in [1.807, 2.05) is 25.1 Å². The van der Waals surface area contributed by atoms with Gasteiger partial charge in [0.2, 0.25) is 0 Å². The van der Waals surface area contributed by atoms with Crippen molar-refractivity contribution in [2.75, 3.05) is 13.1 Å². The van der Waals surface area contributed by atoms with Crippen LogP contribution in [0.3, 0.4) is 0 Å². The number of thiophene rings is 1. The van der Waals surface area contributed by atoms with Gasteiger partial charge in [-0.15, -0.1) is 11.3 Å². The zero-order valence-corrected chi connectivity index (χ0v) is 22.8. The molecule has 1 N–H and O–H groups in total. The van der Waals surface area contributed by atoms with E-state index in [0.717, 1.165) is 63.5 Å². The summed E-state index contributed by atoms with van der Waals surface area (Å²) in [6.07, 6.45) is -1.08. The van der Waals surface area contributed by atoms with Crippen molar-refractivity contribution in [1.29, 1.82) is 0 Å². The van der Waals surface area contributed by atoms with Gasteiger partial charge in [0.05, 0.1) is 16.8 Å². The molecule has 1 aromatic carbocycles. The lowest BCUT2D eigenvalue weighted by atomic mass is 9.96. The van der Waals surface area contributed by atoms with E-state index in [1.165, 1.54) is 11.3 Å². The van der Waals surface area contributed by atoms with Crippen LogP contribution >= 0.6 is 22.9 Å². The highest BCUT2D eigenvalue weighted by atomic mass is 35.5. The first-order valence-electron chi connectivity index (χ1n) is 12.4. The summed E-state index contributed by atoms with van der Waals surface area (Å²) in [6.45, 7) is 4.13. The van der Waals surface area contributed by atoms with Crippen molar-refractivity contribution in [3.8, 4) is 16.9 Å². The average Bonchev–Trinajstić information content (AvgIpc) is 3.28. The minimum atomic E-state index is -4.59. The van der Waals surface area contributed by atoms with Crippen molar-refractivity contribution in [2.45, 2.75) is 45.6 Å². The number of alkyl halides is 3. The average molecular weight is 579 g/mol. The molecule has 4 aromatic rings. The molecular formula is C27H26ClF3N4O3S. The van der Waals surface area contributed by atoms with E-state index in [4.69, 9.17) is 16.3 Å². The van der Waals surface area contributed by atoms with Crippen LogP contribution in [0.25, 0.3) is 21.3 Å². The van der Waals surface area contributed by atoms with Crippen LogP contribution in [-0.2, 0) is 13.1 Å². The Labute approximate surface area is 230 Å². The first-order valence-corrected chi connectivity index (χ1v) is 13.6. The van der Waals surface area contributed by atoms with Crippen molar-refractivity contribution < 1.29 is 17.9 Å². The Morgan fingerprint density at radius 3 is 2.74 bits per heavy atom. The van der Waals surface area contributed by atoms with E-state index in [9.17, 15) is 22.8 Å². The number of fused-ring (bicyclic) bond motifs is 1. The normalized spacial score (nSPS) is 18.0. The second-order valence-corrected chi connectivity index (χ2v) is 11.4. The van der Waals surface area contributed by atoms with Gasteiger partial charge in [-0.05, 0) is 55.6 Å². The Kier molecular flexibility index (Phi) is 7.58. The Hall–Kier alpha value is -3.15. The van der Waals surface area contributed by atoms with Gasteiger partial charge in [0.25, 0.3) is 5.56 Å². The van der Waals surface area contributed by atoms with Crippen LogP contribution in [0.1, 0.15) is 23.8 Å². The van der Waals surface area contributed by atoms with Crippen molar-refractivity contribution in [3.05, 3.63) is 79.0 Å². The monoisotopic (exact) mass is 578 g/mol. The van der Waals surface area contributed by atoms with Gasteiger partial charge in [0.1, 0.15) is 18.4 Å². The maximum Gasteiger partial charge on any atom is 0.406 e. The van der Waals surface area contributed by atoms with Crippen LogP contribution in [0.4, 0.5) is 13.2 Å². The smallest absolute Gasteiger partial charge is 0.406 e. The third-order valence-corrected chi connectivity index (χ3v) is 8.18. The predicted octanol–water partition coefficient (Wildman–Crippen LogP) is 5.24. The number of halogens is 4. The van der Waals surface area contributed by atoms with E-state index >= 15 is 0 Å². The number of hydrogen-bond acceptors (Lipinski definition) is 6. The maximum atomic E-state index is 12.9. The van der Waals surface area contributed by atoms with Gasteiger partial charge < -0.3 is 10.1 Å². The first kappa shape index (κ1) is 27.4. The Morgan fingerprint density at radius 2 is 2.00 bits per heavy atom. The molecule has 5 rings (SSSR count). The summed E-state index contributed by atoms with van der Waals surface area (Å²) in [5.41, 5.74) is 1.43. The molecule has 39 heavy (non-hydrogen) atoms. The summed E-state index contributed by atoms with van der Waals surface area (Å²) >= 11 is 7.78. The second kappa shape index (κ2) is 10.8. The second-order valence-electron chi connectivity index (χ2n) is 9.78. The van der Waals surface area contributed by atoms with Gasteiger partial charge in [0, 0.05) is 46.0 Å². The van der Waals surface area contributed by atoms with Crippen molar-refractivity contribution in [3.63, 3.8) is 0 Å². The van der Waals surface area contributed by atoms with Crippen molar-refractivity contribution in [1.82, 2.24) is 19.4 Å². The van der Waals surface area contributed by atoms with E-state index in [-0.39, 0.29) is 12.6 Å². The maximum absolute atomic E-state index is 12.9. The van der Waals surface area contributed by atoms with Gasteiger partial charge in [-0.1, -0.05) is 18.5 Å². The van der Waals surface area contributed by atoms with Crippen molar-refractivity contribution >= 4 is 33.2 Å². The first-order chi connectivity index (χ1) is 18.5. The summed E-state index contributed by atoms with van der Waals surface area (Å²) in [7, 11) is 0. The molecule has 2 atom stereocenters. The fourth-order valence-electron chi connectivity index (χ4n) is 4.81. The zero-order valence-electron chi connectivity index (χ0n) is 21.2. The molecule has 1 fully saturated rings. The number of nitrogens with one attached hydrogen (secondary N) is 1. The van der Waals surface area contributed by atoms with Gasteiger partial charge in [-0.2, -0.15) is 13.2 Å². The molecule has 4 heterocycles. The molecule has 7 nitrogen and oxygen atoms in total. The molecule has 0 bridgehead atoms. The quantitative estimate of drug-likeness (QED) is 0.339. The Morgan fingerprint density at radius 1 is 1.21 bits per heavy atom. The van der Waals surface area contributed by atoms with E-state index in [1.54, 1.807) is 12.3 Å². The lowest BCUT2D eigenvalue weighted by molar-refractivity contribution is -0.141. The third-order valence-electron chi connectivity index (χ3n) is 6.82. The standard InChI is InChI=1S/C27H26ClF3N4O3S/c1-15-3-6-32-12-22(15)38-24-16(2)9-17(28)10-20(24)19-4-7-33-21-11-18(39-25(19)21)13-35-23(36)5-8-34(26(35)37)14-27(29,30)31/h4-5,7-11,15,22,32H,3,6,12-14H2,1-2H3/t15-,22-/m1/s1. The zero-order chi connectivity index (χ0) is 27.9. The number of rotatable bonds is 6. The van der Waals surface area contributed by atoms with E-state index in [0.29, 0.717) is 25.9 Å². The van der Waals surface area contributed by atoms with E-state index < -0.39 is 24.0 Å². The highest BCUT2D eigenvalue weighted by Crippen LogP contribution is 2.42. The summed E-state index contributed by atoms with van der Waals surface area (Å²) < 4.78 is 47.3. The molecule has 0 amide bonds. The van der Waals surface area contributed by atoms with Gasteiger partial charge in [-0.25, -0.2) is 4.79 Å². The number of nitrogens with zero attached hydrogens (tertiary/aromatic N) is 3. The molecule has 3 aromatic heterocycles. The predicted molar refractivity (Wildman–Crippen MR) is 146 cm³/mol. The van der Waals surface area contributed by atoms with Gasteiger partial charge in [0.15, 0.2) is 0 Å².